The average molecular weight is 654 g/mol. The molecule has 1 fully saturated rings. The number of fused-ring (bicyclic) bond motifs is 1. The zero-order valence-corrected chi connectivity index (χ0v) is 26.7. The average Bonchev–Trinajstić information content (AvgIpc) is 3.02. The molecule has 1 N–H and O–H groups in total. The Hall–Kier alpha value is -3.92. The van der Waals surface area contributed by atoms with Gasteiger partial charge in [0.2, 0.25) is 5.91 Å². The molecule has 0 saturated carbocycles. The lowest BCUT2D eigenvalue weighted by Crippen LogP contribution is -2.34. The van der Waals surface area contributed by atoms with Crippen molar-refractivity contribution in [2.45, 2.75) is 32.6 Å². The second kappa shape index (κ2) is 15.4. The predicted molar refractivity (Wildman–Crippen MR) is 176 cm³/mol. The molecule has 1 aromatic heterocycles. The van der Waals surface area contributed by atoms with Crippen molar-refractivity contribution >= 4 is 46.2 Å². The summed E-state index contributed by atoms with van der Waals surface area (Å²) in [4.78, 5) is 19.3. The van der Waals surface area contributed by atoms with Gasteiger partial charge in [-0.2, -0.15) is 5.10 Å². The van der Waals surface area contributed by atoms with Gasteiger partial charge in [-0.15, -0.1) is 0 Å². The summed E-state index contributed by atoms with van der Waals surface area (Å²) in [5.41, 5.74) is 3.96. The number of nitrogens with zero attached hydrogens (tertiary/aromatic N) is 3. The van der Waals surface area contributed by atoms with Crippen LogP contribution in [0, 0.1) is 11.7 Å². The Morgan fingerprint density at radius 1 is 1.07 bits per heavy atom. The fourth-order valence-corrected chi connectivity index (χ4v) is 5.62. The molecule has 1 aliphatic heterocycles. The first-order valence-electron chi connectivity index (χ1n) is 14.8. The van der Waals surface area contributed by atoms with Crippen LogP contribution >= 0.6 is 23.2 Å². The number of ether oxygens (including phenoxy) is 3. The van der Waals surface area contributed by atoms with E-state index in [-0.39, 0.29) is 12.2 Å². The van der Waals surface area contributed by atoms with Crippen LogP contribution in [0.25, 0.3) is 10.9 Å². The number of benzene rings is 3. The fourth-order valence-electron chi connectivity index (χ4n) is 5.13. The second-order valence-corrected chi connectivity index (χ2v) is 11.8. The number of carbonyl (C=O) groups excluding carboxylic acids is 1. The first-order chi connectivity index (χ1) is 21.8. The van der Waals surface area contributed by atoms with E-state index >= 15 is 4.39 Å². The second-order valence-electron chi connectivity index (χ2n) is 11.0. The SMILES string of the molecule is COc1cc2c(Oc3ccc(CC(=O)N/N=C/c4c(Cl)cccc4Cl)cc3F)ccnc2cc1OCCCN1CCC(C)CC1. The van der Waals surface area contributed by atoms with E-state index in [0.717, 1.165) is 32.0 Å². The van der Waals surface area contributed by atoms with Crippen LogP contribution in [0.5, 0.6) is 23.0 Å². The first kappa shape index (κ1) is 32.5. The summed E-state index contributed by atoms with van der Waals surface area (Å²) in [6.45, 7) is 6.15. The molecule has 5 rings (SSSR count). The highest BCUT2D eigenvalue weighted by molar-refractivity contribution is 6.38. The van der Waals surface area contributed by atoms with E-state index in [1.165, 1.54) is 31.2 Å². The summed E-state index contributed by atoms with van der Waals surface area (Å²) in [6.07, 6.45) is 6.27. The Morgan fingerprint density at radius 2 is 1.84 bits per heavy atom. The summed E-state index contributed by atoms with van der Waals surface area (Å²) >= 11 is 12.2. The minimum absolute atomic E-state index is 0.00411. The Bertz CT molecular complexity index is 1660. The number of methoxy groups -OCH3 is 1. The van der Waals surface area contributed by atoms with E-state index in [4.69, 9.17) is 37.4 Å². The van der Waals surface area contributed by atoms with Gasteiger partial charge in [-0.25, -0.2) is 9.82 Å². The van der Waals surface area contributed by atoms with Crippen molar-refractivity contribution in [3.8, 4) is 23.0 Å². The molecule has 1 saturated heterocycles. The molecule has 0 unspecified atom stereocenters. The molecular weight excluding hydrogens is 618 g/mol. The molecule has 0 bridgehead atoms. The molecule has 8 nitrogen and oxygen atoms in total. The Labute approximate surface area is 272 Å². The molecule has 3 aromatic carbocycles. The number of halogens is 3. The topological polar surface area (TPSA) is 85.3 Å². The standard InChI is InChI=1S/C34H35Cl2FN4O4/c1-22-10-14-41(15-11-22)13-4-16-44-33-20-29-24(19-32(33)43-2)30(9-12-38-29)45-31-8-7-23(17-28(31)37)18-34(42)40-39-21-25-26(35)5-3-6-27(25)36/h3,5-9,12,17,19-22H,4,10-11,13-16,18H2,1-2H3,(H,40,42)/b39-21+. The number of hydrogen-bond donors (Lipinski definition) is 1. The molecule has 236 valence electrons. The number of pyridine rings is 1. The van der Waals surface area contributed by atoms with E-state index in [9.17, 15) is 4.79 Å². The number of hydrogen-bond acceptors (Lipinski definition) is 7. The molecule has 1 amide bonds. The maximum Gasteiger partial charge on any atom is 0.244 e. The normalized spacial score (nSPS) is 14.2. The van der Waals surface area contributed by atoms with Crippen molar-refractivity contribution < 1.29 is 23.4 Å². The van der Waals surface area contributed by atoms with E-state index in [1.54, 1.807) is 49.7 Å². The minimum Gasteiger partial charge on any atom is -0.493 e. The van der Waals surface area contributed by atoms with Crippen molar-refractivity contribution in [3.63, 3.8) is 0 Å². The number of carbonyl (C=O) groups is 1. The third-order valence-electron chi connectivity index (χ3n) is 7.70. The van der Waals surface area contributed by atoms with Gasteiger partial charge in [-0.3, -0.25) is 9.78 Å². The Kier molecular flexibility index (Phi) is 11.1. The third kappa shape index (κ3) is 8.63. The molecule has 45 heavy (non-hydrogen) atoms. The molecule has 4 aromatic rings. The van der Waals surface area contributed by atoms with E-state index in [2.05, 4.69) is 27.3 Å². The first-order valence-corrected chi connectivity index (χ1v) is 15.6. The van der Waals surface area contributed by atoms with Gasteiger partial charge < -0.3 is 19.1 Å². The number of piperidine rings is 1. The van der Waals surface area contributed by atoms with Crippen LogP contribution in [0.2, 0.25) is 10.0 Å². The minimum atomic E-state index is -0.619. The number of aromatic nitrogens is 1. The van der Waals surface area contributed by atoms with E-state index in [0.29, 0.717) is 55.9 Å². The molecule has 0 spiro atoms. The maximum atomic E-state index is 15.1. The zero-order chi connectivity index (χ0) is 31.8. The summed E-state index contributed by atoms with van der Waals surface area (Å²) in [7, 11) is 1.58. The van der Waals surface area contributed by atoms with Crippen molar-refractivity contribution in [3.05, 3.63) is 87.8 Å². The number of nitrogens with one attached hydrogen (secondary N) is 1. The van der Waals surface area contributed by atoms with Gasteiger partial charge in [0.1, 0.15) is 5.75 Å². The number of amides is 1. The van der Waals surface area contributed by atoms with E-state index < -0.39 is 11.7 Å². The predicted octanol–water partition coefficient (Wildman–Crippen LogP) is 7.68. The third-order valence-corrected chi connectivity index (χ3v) is 8.36. The lowest BCUT2D eigenvalue weighted by Gasteiger charge is -2.30. The van der Waals surface area contributed by atoms with Gasteiger partial charge in [0.25, 0.3) is 0 Å². The van der Waals surface area contributed by atoms with Gasteiger partial charge in [0, 0.05) is 29.8 Å². The summed E-state index contributed by atoms with van der Waals surface area (Å²) < 4.78 is 32.8. The monoisotopic (exact) mass is 652 g/mol. The van der Waals surface area contributed by atoms with Gasteiger partial charge in [-0.1, -0.05) is 42.3 Å². The van der Waals surface area contributed by atoms with Crippen LogP contribution in [0.4, 0.5) is 4.39 Å². The van der Waals surface area contributed by atoms with Crippen molar-refractivity contribution in [2.75, 3.05) is 33.4 Å². The quantitative estimate of drug-likeness (QED) is 0.0960. The van der Waals surface area contributed by atoms with Crippen LogP contribution < -0.4 is 19.6 Å². The molecule has 2 heterocycles. The molecule has 0 radical (unpaired) electrons. The van der Waals surface area contributed by atoms with Crippen LogP contribution in [0.3, 0.4) is 0 Å². The van der Waals surface area contributed by atoms with Gasteiger partial charge in [-0.05, 0) is 80.2 Å². The van der Waals surface area contributed by atoms with Gasteiger partial charge in [0.05, 0.1) is 41.9 Å². The molecule has 0 atom stereocenters. The van der Waals surface area contributed by atoms with Crippen molar-refractivity contribution in [2.24, 2.45) is 11.0 Å². The highest BCUT2D eigenvalue weighted by atomic mass is 35.5. The highest BCUT2D eigenvalue weighted by Gasteiger charge is 2.17. The number of hydrazone groups is 1. The zero-order valence-electron chi connectivity index (χ0n) is 25.2. The van der Waals surface area contributed by atoms with Crippen LogP contribution in [0.1, 0.15) is 37.3 Å². The number of rotatable bonds is 12. The maximum absolute atomic E-state index is 15.1. The van der Waals surface area contributed by atoms with Crippen LogP contribution in [0.15, 0.2) is 65.9 Å². The van der Waals surface area contributed by atoms with Gasteiger partial charge >= 0.3 is 0 Å². The summed E-state index contributed by atoms with van der Waals surface area (Å²) in [5, 5.41) is 5.36. The summed E-state index contributed by atoms with van der Waals surface area (Å²) in [6, 6.07) is 14.6. The van der Waals surface area contributed by atoms with Crippen LogP contribution in [-0.4, -0.2) is 55.4 Å². The summed E-state index contributed by atoms with van der Waals surface area (Å²) in [5.74, 6) is 1.29. The molecule has 11 heteroatoms. The van der Waals surface area contributed by atoms with Crippen LogP contribution in [-0.2, 0) is 11.2 Å². The Balaban J connectivity index is 1.20. The molecule has 0 aliphatic carbocycles. The molecule has 1 aliphatic rings. The van der Waals surface area contributed by atoms with Gasteiger partial charge in [0.15, 0.2) is 23.1 Å². The lowest BCUT2D eigenvalue weighted by molar-refractivity contribution is -0.120. The van der Waals surface area contributed by atoms with E-state index in [1.807, 2.05) is 6.07 Å². The lowest BCUT2D eigenvalue weighted by atomic mass is 9.99. The highest BCUT2D eigenvalue weighted by Crippen LogP contribution is 2.37. The smallest absolute Gasteiger partial charge is 0.244 e. The molecular formula is C34H35Cl2FN4O4. The van der Waals surface area contributed by atoms with Crippen molar-refractivity contribution in [1.82, 2.24) is 15.3 Å². The number of likely N-dealkylation sites (tertiary alicyclic amines) is 1. The largest absolute Gasteiger partial charge is 0.493 e. The fraction of sp³-hybridized carbons (Fsp3) is 0.324. The Morgan fingerprint density at radius 3 is 2.58 bits per heavy atom. The van der Waals surface area contributed by atoms with Crippen molar-refractivity contribution in [1.29, 1.82) is 0 Å².